The van der Waals surface area contributed by atoms with Crippen molar-refractivity contribution < 1.29 is 13.9 Å². The van der Waals surface area contributed by atoms with Crippen molar-refractivity contribution in [1.29, 1.82) is 0 Å². The van der Waals surface area contributed by atoms with Gasteiger partial charge in [0.2, 0.25) is 5.88 Å². The Balaban J connectivity index is 2.18. The van der Waals surface area contributed by atoms with Gasteiger partial charge in [-0.1, -0.05) is 17.7 Å². The van der Waals surface area contributed by atoms with Crippen LogP contribution in [0.4, 0.5) is 4.39 Å². The standard InChI is InChI=1S/C13H10ClFN2O2/c1-19-13-6-11(16-7-17-13)12(18)5-8-2-3-10(15)9(14)4-8/h2-4,6-7H,5H2,1H3. The van der Waals surface area contributed by atoms with Crippen LogP contribution in [-0.4, -0.2) is 22.9 Å². The molecule has 0 aliphatic heterocycles. The lowest BCUT2D eigenvalue weighted by Crippen LogP contribution is -2.07. The minimum atomic E-state index is -0.512. The molecule has 0 saturated heterocycles. The van der Waals surface area contributed by atoms with E-state index in [0.29, 0.717) is 11.4 Å². The van der Waals surface area contributed by atoms with E-state index in [9.17, 15) is 9.18 Å². The van der Waals surface area contributed by atoms with Crippen LogP contribution in [0.1, 0.15) is 16.1 Å². The van der Waals surface area contributed by atoms with Crippen LogP contribution in [-0.2, 0) is 6.42 Å². The number of Topliss-reactive ketones (excluding diaryl/α,β-unsaturated/α-hetero) is 1. The Kier molecular flexibility index (Phi) is 4.06. The maximum atomic E-state index is 13.0. The Morgan fingerprint density at radius 1 is 1.37 bits per heavy atom. The first kappa shape index (κ1) is 13.4. The van der Waals surface area contributed by atoms with Crippen LogP contribution in [0.25, 0.3) is 0 Å². The molecule has 1 aromatic carbocycles. The molecule has 0 bridgehead atoms. The highest BCUT2D eigenvalue weighted by Gasteiger charge is 2.11. The van der Waals surface area contributed by atoms with Crippen LogP contribution in [0.3, 0.4) is 0 Å². The molecule has 0 spiro atoms. The van der Waals surface area contributed by atoms with E-state index in [-0.39, 0.29) is 22.9 Å². The maximum Gasteiger partial charge on any atom is 0.216 e. The quantitative estimate of drug-likeness (QED) is 0.808. The van der Waals surface area contributed by atoms with Crippen LogP contribution < -0.4 is 4.74 Å². The molecule has 6 heteroatoms. The molecule has 0 saturated carbocycles. The summed E-state index contributed by atoms with van der Waals surface area (Å²) in [4.78, 5) is 19.7. The molecule has 2 rings (SSSR count). The molecule has 1 aromatic heterocycles. The van der Waals surface area contributed by atoms with E-state index in [0.717, 1.165) is 0 Å². The maximum absolute atomic E-state index is 13.0. The number of ketones is 1. The normalized spacial score (nSPS) is 10.3. The minimum Gasteiger partial charge on any atom is -0.481 e. The SMILES string of the molecule is COc1cc(C(=O)Cc2ccc(F)c(Cl)c2)ncn1. The third kappa shape index (κ3) is 3.26. The van der Waals surface area contributed by atoms with Crippen molar-refractivity contribution in [3.8, 4) is 5.88 Å². The first-order valence-electron chi connectivity index (χ1n) is 5.43. The predicted molar refractivity (Wildman–Crippen MR) is 68.0 cm³/mol. The number of rotatable bonds is 4. The molecule has 2 aromatic rings. The molecule has 0 radical (unpaired) electrons. The molecule has 0 fully saturated rings. The lowest BCUT2D eigenvalue weighted by molar-refractivity contribution is 0.0987. The van der Waals surface area contributed by atoms with E-state index in [1.165, 1.54) is 37.7 Å². The number of nitrogens with zero attached hydrogens (tertiary/aromatic N) is 2. The van der Waals surface area contributed by atoms with Crippen molar-refractivity contribution in [2.45, 2.75) is 6.42 Å². The van der Waals surface area contributed by atoms with Gasteiger partial charge in [-0.3, -0.25) is 4.79 Å². The van der Waals surface area contributed by atoms with E-state index < -0.39 is 5.82 Å². The summed E-state index contributed by atoms with van der Waals surface area (Å²) in [7, 11) is 1.45. The summed E-state index contributed by atoms with van der Waals surface area (Å²) in [6, 6.07) is 5.61. The molecule has 98 valence electrons. The van der Waals surface area contributed by atoms with E-state index >= 15 is 0 Å². The molecule has 0 unspecified atom stereocenters. The number of aromatic nitrogens is 2. The summed E-state index contributed by atoms with van der Waals surface area (Å²) in [5, 5.41) is -0.00873. The highest BCUT2D eigenvalue weighted by Crippen LogP contribution is 2.17. The average molecular weight is 281 g/mol. The van der Waals surface area contributed by atoms with Crippen molar-refractivity contribution in [2.75, 3.05) is 7.11 Å². The summed E-state index contributed by atoms with van der Waals surface area (Å²) in [6.07, 6.45) is 1.34. The molecule has 1 heterocycles. The number of hydrogen-bond donors (Lipinski definition) is 0. The fraction of sp³-hybridized carbons (Fsp3) is 0.154. The number of halogens is 2. The number of hydrogen-bond acceptors (Lipinski definition) is 4. The van der Waals surface area contributed by atoms with Crippen molar-refractivity contribution in [2.24, 2.45) is 0 Å². The van der Waals surface area contributed by atoms with Crippen molar-refractivity contribution >= 4 is 17.4 Å². The van der Waals surface area contributed by atoms with Gasteiger partial charge < -0.3 is 4.74 Å². The highest BCUT2D eigenvalue weighted by atomic mass is 35.5. The highest BCUT2D eigenvalue weighted by molar-refractivity contribution is 6.30. The zero-order chi connectivity index (χ0) is 13.8. The number of benzene rings is 1. The smallest absolute Gasteiger partial charge is 0.216 e. The molecular weight excluding hydrogens is 271 g/mol. The fourth-order valence-electron chi connectivity index (χ4n) is 1.53. The van der Waals surface area contributed by atoms with E-state index in [1.807, 2.05) is 0 Å². The average Bonchev–Trinajstić information content (AvgIpc) is 2.43. The van der Waals surface area contributed by atoms with Crippen molar-refractivity contribution in [3.63, 3.8) is 0 Å². The third-order valence-electron chi connectivity index (χ3n) is 2.49. The van der Waals surface area contributed by atoms with Gasteiger partial charge >= 0.3 is 0 Å². The zero-order valence-electron chi connectivity index (χ0n) is 10.1. The lowest BCUT2D eigenvalue weighted by atomic mass is 10.1. The van der Waals surface area contributed by atoms with Crippen molar-refractivity contribution in [1.82, 2.24) is 9.97 Å². The molecule has 0 N–H and O–H groups in total. The number of carbonyl (C=O) groups excluding carboxylic acids is 1. The Hall–Kier alpha value is -2.01. The van der Waals surface area contributed by atoms with Crippen LogP contribution in [0.2, 0.25) is 5.02 Å². The number of carbonyl (C=O) groups is 1. The third-order valence-corrected chi connectivity index (χ3v) is 2.78. The van der Waals surface area contributed by atoms with Gasteiger partial charge in [0.15, 0.2) is 5.78 Å². The molecule has 4 nitrogen and oxygen atoms in total. The van der Waals surface area contributed by atoms with E-state index in [4.69, 9.17) is 16.3 Å². The Morgan fingerprint density at radius 2 is 2.16 bits per heavy atom. The molecule has 19 heavy (non-hydrogen) atoms. The number of ether oxygens (including phenoxy) is 1. The Morgan fingerprint density at radius 3 is 2.84 bits per heavy atom. The first-order chi connectivity index (χ1) is 9.10. The second kappa shape index (κ2) is 5.75. The topological polar surface area (TPSA) is 52.1 Å². The minimum absolute atomic E-state index is 0.00873. The number of methoxy groups -OCH3 is 1. The summed E-state index contributed by atoms with van der Waals surface area (Å²) >= 11 is 5.66. The van der Waals surface area contributed by atoms with Gasteiger partial charge in [0.1, 0.15) is 17.8 Å². The van der Waals surface area contributed by atoms with E-state index in [1.54, 1.807) is 0 Å². The molecule has 0 aliphatic rings. The van der Waals surface area contributed by atoms with Crippen LogP contribution >= 0.6 is 11.6 Å². The van der Waals surface area contributed by atoms with E-state index in [2.05, 4.69) is 9.97 Å². The van der Waals surface area contributed by atoms with Crippen molar-refractivity contribution in [3.05, 3.63) is 52.7 Å². The van der Waals surface area contributed by atoms with Gasteiger partial charge in [-0.25, -0.2) is 14.4 Å². The fourth-order valence-corrected chi connectivity index (χ4v) is 1.73. The van der Waals surface area contributed by atoms with Gasteiger partial charge in [-0.15, -0.1) is 0 Å². The summed E-state index contributed by atoms with van der Waals surface area (Å²) in [6.45, 7) is 0. The predicted octanol–water partition coefficient (Wildman–Crippen LogP) is 2.70. The van der Waals surface area contributed by atoms with Gasteiger partial charge in [0, 0.05) is 12.5 Å². The van der Waals surface area contributed by atoms with Crippen LogP contribution in [0.5, 0.6) is 5.88 Å². The monoisotopic (exact) mass is 280 g/mol. The largest absolute Gasteiger partial charge is 0.481 e. The molecule has 0 atom stereocenters. The molecule has 0 aliphatic carbocycles. The summed E-state index contributed by atoms with van der Waals surface area (Å²) in [5.74, 6) is -0.416. The van der Waals surface area contributed by atoms with Crippen LogP contribution in [0, 0.1) is 5.82 Å². The summed E-state index contributed by atoms with van der Waals surface area (Å²) < 4.78 is 17.9. The Bertz CT molecular complexity index is 619. The van der Waals surface area contributed by atoms with Gasteiger partial charge in [-0.05, 0) is 17.7 Å². The first-order valence-corrected chi connectivity index (χ1v) is 5.81. The second-order valence-electron chi connectivity index (χ2n) is 3.79. The summed E-state index contributed by atoms with van der Waals surface area (Å²) in [5.41, 5.74) is 0.862. The van der Waals surface area contributed by atoms with Crippen LogP contribution in [0.15, 0.2) is 30.6 Å². The molecular formula is C13H10ClFN2O2. The van der Waals surface area contributed by atoms with Gasteiger partial charge in [-0.2, -0.15) is 0 Å². The Labute approximate surface area is 114 Å². The van der Waals surface area contributed by atoms with Gasteiger partial charge in [0.25, 0.3) is 0 Å². The lowest BCUT2D eigenvalue weighted by Gasteiger charge is -2.03. The zero-order valence-corrected chi connectivity index (χ0v) is 10.8. The molecule has 0 amide bonds. The second-order valence-corrected chi connectivity index (χ2v) is 4.20. The van der Waals surface area contributed by atoms with Gasteiger partial charge in [0.05, 0.1) is 12.1 Å².